The molecule has 1 fully saturated rings. The van der Waals surface area contributed by atoms with Crippen molar-refractivity contribution in [1.29, 1.82) is 0 Å². The molecule has 7 nitrogen and oxygen atoms in total. The molecule has 2 aliphatic heterocycles. The van der Waals surface area contributed by atoms with Crippen LogP contribution in [0, 0.1) is 11.3 Å². The number of carbonyl (C=O) groups excluding carboxylic acids is 1. The number of fused-ring (bicyclic) bond motifs is 1. The number of ether oxygens (including phenoxy) is 2. The van der Waals surface area contributed by atoms with E-state index < -0.39 is 0 Å². The van der Waals surface area contributed by atoms with Gasteiger partial charge in [-0.3, -0.25) is 4.79 Å². The van der Waals surface area contributed by atoms with Crippen molar-refractivity contribution in [1.82, 2.24) is 14.9 Å². The predicted octanol–water partition coefficient (Wildman–Crippen LogP) is 4.26. The molecule has 0 saturated carbocycles. The summed E-state index contributed by atoms with van der Waals surface area (Å²) in [6, 6.07) is 8.08. The van der Waals surface area contributed by atoms with Crippen LogP contribution >= 0.6 is 0 Å². The van der Waals surface area contributed by atoms with Gasteiger partial charge in [-0.1, -0.05) is 39.8 Å². The second-order valence-corrected chi connectivity index (χ2v) is 11.2. The van der Waals surface area contributed by atoms with Crippen molar-refractivity contribution in [3.05, 3.63) is 46.9 Å². The van der Waals surface area contributed by atoms with Crippen molar-refractivity contribution < 1.29 is 14.3 Å². The van der Waals surface area contributed by atoms with Crippen molar-refractivity contribution in [3.8, 4) is 5.75 Å². The zero-order valence-electron chi connectivity index (χ0n) is 22.0. The lowest BCUT2D eigenvalue weighted by molar-refractivity contribution is -0.133. The van der Waals surface area contributed by atoms with Gasteiger partial charge in [0.25, 0.3) is 0 Å². The van der Waals surface area contributed by atoms with E-state index in [0.717, 1.165) is 66.7 Å². The second kappa shape index (κ2) is 10.9. The highest BCUT2D eigenvalue weighted by Crippen LogP contribution is 2.30. The molecular weight excluding hydrogens is 440 g/mol. The second-order valence-electron chi connectivity index (χ2n) is 11.2. The van der Waals surface area contributed by atoms with Gasteiger partial charge in [0.1, 0.15) is 17.4 Å². The van der Waals surface area contributed by atoms with Crippen LogP contribution in [0.2, 0.25) is 0 Å². The quantitative estimate of drug-likeness (QED) is 0.590. The average Bonchev–Trinajstić information content (AvgIpc) is 2.83. The van der Waals surface area contributed by atoms with Crippen LogP contribution in [0.5, 0.6) is 5.75 Å². The zero-order valence-corrected chi connectivity index (χ0v) is 22.0. The Morgan fingerprint density at radius 1 is 1.11 bits per heavy atom. The minimum atomic E-state index is 0.228. The first-order chi connectivity index (χ1) is 16.7. The van der Waals surface area contributed by atoms with Crippen LogP contribution in [0.1, 0.15) is 63.2 Å². The number of rotatable bonds is 7. The van der Waals surface area contributed by atoms with E-state index >= 15 is 0 Å². The van der Waals surface area contributed by atoms with Crippen molar-refractivity contribution >= 4 is 11.7 Å². The number of anilines is 1. The standard InChI is InChI=1S/C28H40N4O3/c1-20(18-28(2,3)4)16-26(33)32-11-10-24-23(19-32)27(31-12-14-35-15-13-31)30-25(29-24)17-21-6-8-22(34-5)9-7-21/h6-9,20H,10-19H2,1-5H3. The monoisotopic (exact) mass is 480 g/mol. The fraction of sp³-hybridized carbons (Fsp3) is 0.607. The summed E-state index contributed by atoms with van der Waals surface area (Å²) in [7, 11) is 1.68. The predicted molar refractivity (Wildman–Crippen MR) is 138 cm³/mol. The fourth-order valence-electron chi connectivity index (χ4n) is 5.25. The first kappa shape index (κ1) is 25.4. The van der Waals surface area contributed by atoms with Crippen LogP contribution in [0.15, 0.2) is 24.3 Å². The van der Waals surface area contributed by atoms with Crippen molar-refractivity contribution in [3.63, 3.8) is 0 Å². The van der Waals surface area contributed by atoms with Gasteiger partial charge < -0.3 is 19.3 Å². The van der Waals surface area contributed by atoms with E-state index in [1.54, 1.807) is 7.11 Å². The molecule has 0 N–H and O–H groups in total. The summed E-state index contributed by atoms with van der Waals surface area (Å²) < 4.78 is 10.9. The third-order valence-corrected chi connectivity index (χ3v) is 6.75. The largest absolute Gasteiger partial charge is 0.497 e. The molecule has 3 heterocycles. The van der Waals surface area contributed by atoms with Crippen LogP contribution in [0.3, 0.4) is 0 Å². The molecule has 35 heavy (non-hydrogen) atoms. The molecule has 190 valence electrons. The Labute approximate surface area is 209 Å². The Morgan fingerprint density at radius 2 is 1.83 bits per heavy atom. The molecule has 4 rings (SSSR count). The molecule has 7 heteroatoms. The summed E-state index contributed by atoms with van der Waals surface area (Å²) in [5, 5.41) is 0. The summed E-state index contributed by atoms with van der Waals surface area (Å²) in [6.45, 7) is 13.2. The van der Waals surface area contributed by atoms with Crippen LogP contribution in [-0.4, -0.2) is 60.7 Å². The van der Waals surface area contributed by atoms with Gasteiger partial charge in [-0.25, -0.2) is 9.97 Å². The normalized spacial score (nSPS) is 17.2. The molecule has 1 aromatic carbocycles. The van der Waals surface area contributed by atoms with Gasteiger partial charge in [0.05, 0.1) is 32.6 Å². The third kappa shape index (κ3) is 6.72. The lowest BCUT2D eigenvalue weighted by Crippen LogP contribution is -2.41. The number of nitrogens with zero attached hydrogens (tertiary/aromatic N) is 4. The highest BCUT2D eigenvalue weighted by Gasteiger charge is 2.29. The van der Waals surface area contributed by atoms with E-state index in [0.29, 0.717) is 38.5 Å². The molecule has 2 aliphatic rings. The maximum Gasteiger partial charge on any atom is 0.223 e. The fourth-order valence-corrected chi connectivity index (χ4v) is 5.25. The van der Waals surface area contributed by atoms with Crippen LogP contribution in [0.4, 0.5) is 5.82 Å². The van der Waals surface area contributed by atoms with E-state index in [-0.39, 0.29) is 11.3 Å². The van der Waals surface area contributed by atoms with E-state index in [9.17, 15) is 4.79 Å². The summed E-state index contributed by atoms with van der Waals surface area (Å²) >= 11 is 0. The minimum Gasteiger partial charge on any atom is -0.497 e. The number of benzene rings is 1. The molecule has 1 unspecified atom stereocenters. The maximum atomic E-state index is 13.2. The summed E-state index contributed by atoms with van der Waals surface area (Å²) in [4.78, 5) is 27.5. The summed E-state index contributed by atoms with van der Waals surface area (Å²) in [5.74, 6) is 3.25. The van der Waals surface area contributed by atoms with Gasteiger partial charge in [0.15, 0.2) is 0 Å². The lowest BCUT2D eigenvalue weighted by atomic mass is 9.84. The number of hydrogen-bond donors (Lipinski definition) is 0. The van der Waals surface area contributed by atoms with E-state index in [1.165, 1.54) is 0 Å². The Hall–Kier alpha value is -2.67. The van der Waals surface area contributed by atoms with Crippen LogP contribution in [-0.2, 0) is 28.9 Å². The van der Waals surface area contributed by atoms with Gasteiger partial charge in [-0.05, 0) is 35.4 Å². The topological polar surface area (TPSA) is 67.8 Å². The van der Waals surface area contributed by atoms with Gasteiger partial charge in [-0.2, -0.15) is 0 Å². The van der Waals surface area contributed by atoms with Crippen LogP contribution < -0.4 is 9.64 Å². The zero-order chi connectivity index (χ0) is 25.0. The smallest absolute Gasteiger partial charge is 0.223 e. The molecule has 0 radical (unpaired) electrons. The highest BCUT2D eigenvalue weighted by molar-refractivity contribution is 5.77. The van der Waals surface area contributed by atoms with Gasteiger partial charge >= 0.3 is 0 Å². The van der Waals surface area contributed by atoms with Crippen molar-refractivity contribution in [2.24, 2.45) is 11.3 Å². The molecule has 2 aromatic rings. The molecule has 1 aromatic heterocycles. The van der Waals surface area contributed by atoms with Gasteiger partial charge in [-0.15, -0.1) is 0 Å². The van der Waals surface area contributed by atoms with E-state index in [2.05, 4.69) is 44.7 Å². The molecule has 0 spiro atoms. The van der Waals surface area contributed by atoms with E-state index in [4.69, 9.17) is 19.4 Å². The number of carbonyl (C=O) groups is 1. The number of amides is 1. The minimum absolute atomic E-state index is 0.228. The number of hydrogen-bond acceptors (Lipinski definition) is 6. The summed E-state index contributed by atoms with van der Waals surface area (Å²) in [5.41, 5.74) is 3.57. The number of aromatic nitrogens is 2. The van der Waals surface area contributed by atoms with Crippen LogP contribution in [0.25, 0.3) is 0 Å². The van der Waals surface area contributed by atoms with Crippen molar-refractivity contribution in [2.45, 2.75) is 59.9 Å². The SMILES string of the molecule is COc1ccc(Cc2nc3c(c(N4CCOCC4)n2)CN(C(=O)CC(C)CC(C)(C)C)CC3)cc1. The maximum absolute atomic E-state index is 13.2. The van der Waals surface area contributed by atoms with Gasteiger partial charge in [0.2, 0.25) is 5.91 Å². The average molecular weight is 481 g/mol. The first-order valence-electron chi connectivity index (χ1n) is 12.8. The van der Waals surface area contributed by atoms with Crippen molar-refractivity contribution in [2.75, 3.05) is 44.9 Å². The lowest BCUT2D eigenvalue weighted by Gasteiger charge is -2.35. The molecule has 1 saturated heterocycles. The van der Waals surface area contributed by atoms with Gasteiger partial charge in [0, 0.05) is 44.5 Å². The molecule has 0 bridgehead atoms. The highest BCUT2D eigenvalue weighted by atomic mass is 16.5. The molecular formula is C28H40N4O3. The van der Waals surface area contributed by atoms with E-state index in [1.807, 2.05) is 17.0 Å². The molecule has 1 amide bonds. The Balaban J connectivity index is 1.55. The first-order valence-corrected chi connectivity index (χ1v) is 12.8. The number of methoxy groups -OCH3 is 1. The Morgan fingerprint density at radius 3 is 2.49 bits per heavy atom. The molecule has 1 atom stereocenters. The molecule has 0 aliphatic carbocycles. The summed E-state index contributed by atoms with van der Waals surface area (Å²) in [6.07, 6.45) is 3.07. The third-order valence-electron chi connectivity index (χ3n) is 6.75. The Kier molecular flexibility index (Phi) is 7.95. The number of morpholine rings is 1. The Bertz CT molecular complexity index is 1010.